The van der Waals surface area contributed by atoms with Gasteiger partial charge in [-0.3, -0.25) is 0 Å². The van der Waals surface area contributed by atoms with Crippen molar-refractivity contribution in [3.8, 4) is 0 Å². The van der Waals surface area contributed by atoms with Crippen molar-refractivity contribution in [1.82, 2.24) is 4.72 Å². The Balaban J connectivity index is 1.78. The monoisotopic (exact) mass is 392 g/mol. The second-order valence-corrected chi connectivity index (χ2v) is 8.98. The Labute approximate surface area is 160 Å². The van der Waals surface area contributed by atoms with E-state index in [0.29, 0.717) is 6.54 Å². The lowest BCUT2D eigenvalue weighted by Gasteiger charge is -2.26. The molecule has 5 nitrogen and oxygen atoms in total. The molecule has 0 aliphatic carbocycles. The van der Waals surface area contributed by atoms with Crippen molar-refractivity contribution in [2.24, 2.45) is 0 Å². The molecule has 2 N–H and O–H groups in total. The number of hydrogen-bond acceptors (Lipinski definition) is 3. The Morgan fingerprint density at radius 2 is 1.63 bits per heavy atom. The lowest BCUT2D eigenvalue weighted by Crippen LogP contribution is -3.11. The predicted octanol–water partition coefficient (Wildman–Crippen LogP) is 1.59. The summed E-state index contributed by atoms with van der Waals surface area (Å²) >= 11 is 0. The van der Waals surface area contributed by atoms with Gasteiger partial charge in [0.15, 0.2) is 0 Å². The van der Waals surface area contributed by atoms with Crippen LogP contribution in [0, 0.1) is 5.82 Å². The molecule has 2 aromatic rings. The van der Waals surface area contributed by atoms with Gasteiger partial charge >= 0.3 is 0 Å². The smallest absolute Gasteiger partial charge is 0.240 e. The molecular weight excluding hydrogens is 365 g/mol. The standard InChI is InChI=1S/C20H26FN3O2S/c1-23(2)18-9-5-16(6-10-18)20(24-13-3-4-14-24)15-22-27(25,26)19-11-7-17(21)8-12-19/h5-12,20,22H,3-4,13-15H2,1-2H3/p+1/t20-/m1/s1. The van der Waals surface area contributed by atoms with Crippen LogP contribution in [0.1, 0.15) is 24.4 Å². The SMILES string of the molecule is CN(C)c1ccc([C@@H](CNS(=O)(=O)c2ccc(F)cc2)[NH+]2CCCC2)cc1. The number of nitrogens with one attached hydrogen (secondary N) is 2. The van der Waals surface area contributed by atoms with Crippen molar-refractivity contribution < 1.29 is 17.7 Å². The van der Waals surface area contributed by atoms with Crippen molar-refractivity contribution in [2.75, 3.05) is 38.6 Å². The lowest BCUT2D eigenvalue weighted by atomic mass is 10.1. The van der Waals surface area contributed by atoms with Gasteiger partial charge in [-0.1, -0.05) is 12.1 Å². The molecule has 0 bridgehead atoms. The van der Waals surface area contributed by atoms with Gasteiger partial charge < -0.3 is 9.80 Å². The molecule has 0 saturated carbocycles. The fourth-order valence-corrected chi connectivity index (χ4v) is 4.62. The number of sulfonamides is 1. The largest absolute Gasteiger partial charge is 0.378 e. The minimum absolute atomic E-state index is 0.0546. The van der Waals surface area contributed by atoms with E-state index in [0.717, 1.165) is 49.3 Å². The zero-order valence-corrected chi connectivity index (χ0v) is 16.6. The summed E-state index contributed by atoms with van der Waals surface area (Å²) < 4.78 is 41.0. The Bertz CT molecular complexity index is 846. The van der Waals surface area contributed by atoms with E-state index >= 15 is 0 Å². The molecule has 146 valence electrons. The Morgan fingerprint density at radius 1 is 1.04 bits per heavy atom. The highest BCUT2D eigenvalue weighted by Crippen LogP contribution is 2.18. The first kappa shape index (κ1) is 19.8. The molecule has 27 heavy (non-hydrogen) atoms. The van der Waals surface area contributed by atoms with E-state index < -0.39 is 15.8 Å². The second-order valence-electron chi connectivity index (χ2n) is 7.21. The van der Waals surface area contributed by atoms with Gasteiger partial charge in [0.25, 0.3) is 0 Å². The van der Waals surface area contributed by atoms with Crippen LogP contribution >= 0.6 is 0 Å². The average Bonchev–Trinajstić information content (AvgIpc) is 3.17. The van der Waals surface area contributed by atoms with Crippen LogP contribution in [0.15, 0.2) is 53.4 Å². The van der Waals surface area contributed by atoms with Gasteiger partial charge in [0, 0.05) is 38.2 Å². The third-order valence-electron chi connectivity index (χ3n) is 5.15. The van der Waals surface area contributed by atoms with Crippen LogP contribution < -0.4 is 14.5 Å². The van der Waals surface area contributed by atoms with Gasteiger partial charge in [-0.25, -0.2) is 17.5 Å². The topological polar surface area (TPSA) is 53.9 Å². The highest BCUT2D eigenvalue weighted by molar-refractivity contribution is 7.89. The summed E-state index contributed by atoms with van der Waals surface area (Å²) in [5, 5.41) is 0. The molecule has 0 aromatic heterocycles. The molecule has 1 aliphatic heterocycles. The van der Waals surface area contributed by atoms with Crippen molar-refractivity contribution in [1.29, 1.82) is 0 Å². The quantitative estimate of drug-likeness (QED) is 0.753. The summed E-state index contributed by atoms with van der Waals surface area (Å²) in [6, 6.07) is 13.3. The van der Waals surface area contributed by atoms with Crippen LogP contribution in [0.4, 0.5) is 10.1 Å². The molecule has 2 aromatic carbocycles. The van der Waals surface area contributed by atoms with Gasteiger partial charge in [0.1, 0.15) is 11.9 Å². The highest BCUT2D eigenvalue weighted by Gasteiger charge is 2.29. The van der Waals surface area contributed by atoms with Gasteiger partial charge in [-0.15, -0.1) is 0 Å². The van der Waals surface area contributed by atoms with Gasteiger partial charge in [0.2, 0.25) is 10.0 Å². The average molecular weight is 393 g/mol. The van der Waals surface area contributed by atoms with Gasteiger partial charge in [-0.2, -0.15) is 0 Å². The zero-order valence-electron chi connectivity index (χ0n) is 15.8. The van der Waals surface area contributed by atoms with E-state index in [1.165, 1.54) is 17.0 Å². The molecule has 0 spiro atoms. The van der Waals surface area contributed by atoms with Crippen molar-refractivity contribution in [3.63, 3.8) is 0 Å². The number of rotatable bonds is 7. The maximum atomic E-state index is 13.1. The summed E-state index contributed by atoms with van der Waals surface area (Å²) in [7, 11) is 0.321. The molecule has 1 fully saturated rings. The number of halogens is 1. The lowest BCUT2D eigenvalue weighted by molar-refractivity contribution is -0.918. The number of anilines is 1. The molecule has 7 heteroatoms. The van der Waals surface area contributed by atoms with Crippen molar-refractivity contribution >= 4 is 15.7 Å². The van der Waals surface area contributed by atoms with Crippen molar-refractivity contribution in [3.05, 3.63) is 59.9 Å². The molecule has 1 aliphatic rings. The van der Waals surface area contributed by atoms with Gasteiger partial charge in [-0.05, 0) is 36.4 Å². The van der Waals surface area contributed by atoms with E-state index in [2.05, 4.69) is 29.0 Å². The van der Waals surface area contributed by atoms with Crippen molar-refractivity contribution in [2.45, 2.75) is 23.8 Å². The maximum Gasteiger partial charge on any atom is 0.240 e. The Morgan fingerprint density at radius 3 is 2.19 bits per heavy atom. The molecule has 1 heterocycles. The highest BCUT2D eigenvalue weighted by atomic mass is 32.2. The molecule has 0 amide bonds. The predicted molar refractivity (Wildman–Crippen MR) is 105 cm³/mol. The van der Waals surface area contributed by atoms with Crippen LogP contribution in [0.2, 0.25) is 0 Å². The summed E-state index contributed by atoms with van der Waals surface area (Å²) in [5.41, 5.74) is 2.24. The molecule has 1 saturated heterocycles. The number of hydrogen-bond donors (Lipinski definition) is 2. The number of benzene rings is 2. The molecule has 0 unspecified atom stereocenters. The Kier molecular flexibility index (Phi) is 6.14. The van der Waals surface area contributed by atoms with Crippen LogP contribution in [-0.2, 0) is 10.0 Å². The zero-order chi connectivity index (χ0) is 19.4. The molecule has 0 radical (unpaired) electrons. The number of quaternary nitrogens is 1. The van der Waals surface area contributed by atoms with Crippen LogP contribution in [-0.4, -0.2) is 42.1 Å². The molecule has 1 atom stereocenters. The third-order valence-corrected chi connectivity index (χ3v) is 6.59. The summed E-state index contributed by atoms with van der Waals surface area (Å²) in [6.07, 6.45) is 2.32. The first-order valence-electron chi connectivity index (χ1n) is 9.24. The van der Waals surface area contributed by atoms with E-state index in [4.69, 9.17) is 0 Å². The molecular formula is C20H27FN3O2S+. The first-order chi connectivity index (χ1) is 12.9. The van der Waals surface area contributed by atoms with E-state index in [-0.39, 0.29) is 10.9 Å². The number of likely N-dealkylation sites (tertiary alicyclic amines) is 1. The van der Waals surface area contributed by atoms with Crippen LogP contribution in [0.25, 0.3) is 0 Å². The second kappa shape index (κ2) is 8.37. The number of nitrogens with zero attached hydrogens (tertiary/aromatic N) is 1. The third kappa shape index (κ3) is 4.86. The molecule has 3 rings (SSSR count). The maximum absolute atomic E-state index is 13.1. The van der Waals surface area contributed by atoms with Crippen LogP contribution in [0.3, 0.4) is 0 Å². The Hall–Kier alpha value is -1.96. The van der Waals surface area contributed by atoms with E-state index in [9.17, 15) is 12.8 Å². The normalized spacial score (nSPS) is 16.4. The fourth-order valence-electron chi connectivity index (χ4n) is 3.57. The van der Waals surface area contributed by atoms with E-state index in [1.54, 1.807) is 0 Å². The van der Waals surface area contributed by atoms with Crippen LogP contribution in [0.5, 0.6) is 0 Å². The minimum Gasteiger partial charge on any atom is -0.378 e. The fraction of sp³-hybridized carbons (Fsp3) is 0.400. The summed E-state index contributed by atoms with van der Waals surface area (Å²) in [4.78, 5) is 3.52. The minimum atomic E-state index is -3.67. The summed E-state index contributed by atoms with van der Waals surface area (Å²) in [5.74, 6) is -0.450. The van der Waals surface area contributed by atoms with E-state index in [1.807, 2.05) is 19.0 Å². The van der Waals surface area contributed by atoms with Gasteiger partial charge in [0.05, 0.1) is 24.5 Å². The summed E-state index contributed by atoms with van der Waals surface area (Å²) in [6.45, 7) is 2.40. The first-order valence-corrected chi connectivity index (χ1v) is 10.7.